The first-order valence-electron chi connectivity index (χ1n) is 11.8. The molecule has 4 saturated carbocycles. The summed E-state index contributed by atoms with van der Waals surface area (Å²) < 4.78 is 1.87. The summed E-state index contributed by atoms with van der Waals surface area (Å²) in [5.41, 5.74) is 3.82. The Bertz CT molecular complexity index is 829. The molecule has 8 atom stereocenters. The number of fused-ring (bicyclic) bond motifs is 5. The Hall–Kier alpha value is -1.13. The molecular formula is C25H38N2O2. The summed E-state index contributed by atoms with van der Waals surface area (Å²) in [6.07, 6.45) is 13.0. The quantitative estimate of drug-likeness (QED) is 0.733. The fraction of sp³-hybridized carbons (Fsp3) is 0.800. The molecule has 1 aromatic rings. The van der Waals surface area contributed by atoms with Crippen LogP contribution >= 0.6 is 0 Å². The number of hydrogen-bond donors (Lipinski definition) is 2. The second-order valence-electron chi connectivity index (χ2n) is 11.3. The van der Waals surface area contributed by atoms with Crippen molar-refractivity contribution in [3.63, 3.8) is 0 Å². The first-order valence-corrected chi connectivity index (χ1v) is 11.8. The number of aliphatic hydroxyl groups is 2. The molecule has 0 unspecified atom stereocenters. The van der Waals surface area contributed by atoms with Crippen LogP contribution < -0.4 is 0 Å². The molecule has 4 aliphatic rings. The summed E-state index contributed by atoms with van der Waals surface area (Å²) in [7, 11) is 1.96. The van der Waals surface area contributed by atoms with E-state index in [9.17, 15) is 10.2 Å². The van der Waals surface area contributed by atoms with Crippen LogP contribution in [-0.2, 0) is 7.05 Å². The van der Waals surface area contributed by atoms with Gasteiger partial charge in [0.15, 0.2) is 0 Å². The van der Waals surface area contributed by atoms with Gasteiger partial charge < -0.3 is 10.2 Å². The van der Waals surface area contributed by atoms with E-state index < -0.39 is 0 Å². The van der Waals surface area contributed by atoms with E-state index in [2.05, 4.69) is 38.1 Å². The Morgan fingerprint density at radius 1 is 1.07 bits per heavy atom. The maximum atomic E-state index is 11.4. The average molecular weight is 399 g/mol. The number of aryl methyl sites for hydroxylation is 2. The molecule has 0 saturated heterocycles. The average Bonchev–Trinajstić information content (AvgIpc) is 3.12. The first-order chi connectivity index (χ1) is 13.7. The third-order valence-corrected chi connectivity index (χ3v) is 9.90. The molecule has 4 aliphatic carbocycles. The smallest absolute Gasteiger partial charge is 0.0809 e. The van der Waals surface area contributed by atoms with Crippen LogP contribution in [0.15, 0.2) is 11.8 Å². The molecule has 4 nitrogen and oxygen atoms in total. The molecule has 0 aromatic carbocycles. The molecule has 0 amide bonds. The van der Waals surface area contributed by atoms with Crippen molar-refractivity contribution in [2.24, 2.45) is 41.5 Å². The van der Waals surface area contributed by atoms with E-state index in [1.807, 2.05) is 11.7 Å². The molecule has 0 aliphatic heterocycles. The molecule has 4 heteroatoms. The van der Waals surface area contributed by atoms with Gasteiger partial charge in [0, 0.05) is 24.2 Å². The van der Waals surface area contributed by atoms with Crippen LogP contribution in [0.5, 0.6) is 0 Å². The van der Waals surface area contributed by atoms with Crippen molar-refractivity contribution in [3.05, 3.63) is 23.0 Å². The zero-order chi connectivity index (χ0) is 20.6. The van der Waals surface area contributed by atoms with Gasteiger partial charge in [0.2, 0.25) is 0 Å². The van der Waals surface area contributed by atoms with Crippen LogP contribution in [-0.4, -0.2) is 32.2 Å². The van der Waals surface area contributed by atoms with Crippen LogP contribution in [0.3, 0.4) is 0 Å². The van der Waals surface area contributed by atoms with Crippen LogP contribution in [0, 0.1) is 41.4 Å². The highest BCUT2D eigenvalue weighted by atomic mass is 16.3. The number of nitrogens with zero attached hydrogens (tertiary/aromatic N) is 2. The SMILES string of the molecule is Cc1nn(C)cc1/C=C1/C[C@@H]2[C@H]3CC[C@H]4C[C@@H](O)CC[C@]4(C)[C@@H]3CC[C@]2(C)[C@@H]1O. The van der Waals surface area contributed by atoms with E-state index in [1.165, 1.54) is 31.3 Å². The van der Waals surface area contributed by atoms with Gasteiger partial charge in [-0.15, -0.1) is 0 Å². The standard InChI is InChI=1S/C25H38N2O2/c1-15-17(14-27(4)26-15)11-16-12-22-20-6-5-18-13-19(28)7-9-24(18,2)21(20)8-10-25(22,3)23(16)29/h11,14,18-23,28-29H,5-10,12-13H2,1-4H3/b16-11-/t18-,19-,20-,21+,22+,23+,24-,25-/m0/s1. The van der Waals surface area contributed by atoms with E-state index in [4.69, 9.17) is 0 Å². The number of aliphatic hydroxyl groups excluding tert-OH is 2. The van der Waals surface area contributed by atoms with Gasteiger partial charge in [0.1, 0.15) is 0 Å². The third kappa shape index (κ3) is 2.89. The van der Waals surface area contributed by atoms with Gasteiger partial charge in [0.25, 0.3) is 0 Å². The topological polar surface area (TPSA) is 58.3 Å². The number of aromatic nitrogens is 2. The molecule has 1 heterocycles. The zero-order valence-corrected chi connectivity index (χ0v) is 18.6. The molecule has 160 valence electrons. The van der Waals surface area contributed by atoms with Crippen molar-refractivity contribution in [2.45, 2.75) is 84.3 Å². The zero-order valence-electron chi connectivity index (χ0n) is 18.6. The highest BCUT2D eigenvalue weighted by Gasteiger charge is 2.61. The summed E-state index contributed by atoms with van der Waals surface area (Å²) in [6, 6.07) is 0. The van der Waals surface area contributed by atoms with Gasteiger partial charge in [-0.05, 0) is 99.0 Å². The first kappa shape index (κ1) is 19.8. The summed E-state index contributed by atoms with van der Waals surface area (Å²) in [6.45, 7) is 6.94. The molecule has 1 aromatic heterocycles. The lowest BCUT2D eigenvalue weighted by Gasteiger charge is -2.60. The van der Waals surface area contributed by atoms with Gasteiger partial charge in [-0.3, -0.25) is 4.68 Å². The fourth-order valence-electron chi connectivity index (χ4n) is 8.19. The Morgan fingerprint density at radius 2 is 1.83 bits per heavy atom. The van der Waals surface area contributed by atoms with Crippen molar-refractivity contribution >= 4 is 6.08 Å². The van der Waals surface area contributed by atoms with Crippen LogP contribution in [0.2, 0.25) is 0 Å². The van der Waals surface area contributed by atoms with E-state index in [0.29, 0.717) is 17.3 Å². The lowest BCUT2D eigenvalue weighted by Crippen LogP contribution is -2.54. The predicted octanol–water partition coefficient (Wildman–Crippen LogP) is 4.49. The molecule has 0 bridgehead atoms. The van der Waals surface area contributed by atoms with E-state index in [-0.39, 0.29) is 17.6 Å². The summed E-state index contributed by atoms with van der Waals surface area (Å²) in [4.78, 5) is 0. The van der Waals surface area contributed by atoms with Crippen molar-refractivity contribution in [2.75, 3.05) is 0 Å². The van der Waals surface area contributed by atoms with Crippen molar-refractivity contribution in [1.82, 2.24) is 9.78 Å². The molecule has 29 heavy (non-hydrogen) atoms. The molecule has 0 spiro atoms. The van der Waals surface area contributed by atoms with Crippen molar-refractivity contribution in [3.8, 4) is 0 Å². The summed E-state index contributed by atoms with van der Waals surface area (Å²) in [5, 5.41) is 26.1. The van der Waals surface area contributed by atoms with E-state index in [0.717, 1.165) is 48.8 Å². The summed E-state index contributed by atoms with van der Waals surface area (Å²) in [5.74, 6) is 2.76. The predicted molar refractivity (Wildman–Crippen MR) is 115 cm³/mol. The largest absolute Gasteiger partial charge is 0.393 e. The minimum absolute atomic E-state index is 0.0144. The maximum absolute atomic E-state index is 11.4. The van der Waals surface area contributed by atoms with Gasteiger partial charge in [-0.2, -0.15) is 5.10 Å². The second kappa shape index (κ2) is 6.68. The van der Waals surface area contributed by atoms with Gasteiger partial charge in [-0.1, -0.05) is 13.8 Å². The molecule has 4 fully saturated rings. The molecule has 2 N–H and O–H groups in total. The van der Waals surface area contributed by atoms with Gasteiger partial charge in [-0.25, -0.2) is 0 Å². The minimum Gasteiger partial charge on any atom is -0.393 e. The van der Waals surface area contributed by atoms with Crippen LogP contribution in [0.1, 0.15) is 76.5 Å². The lowest BCUT2D eigenvalue weighted by atomic mass is 9.45. The number of hydrogen-bond acceptors (Lipinski definition) is 3. The minimum atomic E-state index is -0.327. The lowest BCUT2D eigenvalue weighted by molar-refractivity contribution is -0.133. The highest BCUT2D eigenvalue weighted by Crippen LogP contribution is 2.67. The Balaban J connectivity index is 1.45. The van der Waals surface area contributed by atoms with Crippen molar-refractivity contribution < 1.29 is 10.2 Å². The fourth-order valence-corrected chi connectivity index (χ4v) is 8.19. The Morgan fingerprint density at radius 3 is 2.55 bits per heavy atom. The summed E-state index contributed by atoms with van der Waals surface area (Å²) >= 11 is 0. The third-order valence-electron chi connectivity index (χ3n) is 9.90. The number of rotatable bonds is 1. The molecule has 5 rings (SSSR count). The monoisotopic (exact) mass is 398 g/mol. The second-order valence-corrected chi connectivity index (χ2v) is 11.3. The van der Waals surface area contributed by atoms with E-state index >= 15 is 0 Å². The maximum Gasteiger partial charge on any atom is 0.0809 e. The Labute approximate surface area is 175 Å². The van der Waals surface area contributed by atoms with Crippen LogP contribution in [0.25, 0.3) is 6.08 Å². The normalized spacial score (nSPS) is 48.3. The van der Waals surface area contributed by atoms with Crippen LogP contribution in [0.4, 0.5) is 0 Å². The van der Waals surface area contributed by atoms with E-state index in [1.54, 1.807) is 0 Å². The molecule has 0 radical (unpaired) electrons. The molecular weight excluding hydrogens is 360 g/mol. The van der Waals surface area contributed by atoms with Gasteiger partial charge in [0.05, 0.1) is 17.9 Å². The van der Waals surface area contributed by atoms with Crippen molar-refractivity contribution in [1.29, 1.82) is 0 Å². The highest BCUT2D eigenvalue weighted by molar-refractivity contribution is 5.56. The Kier molecular flexibility index (Phi) is 4.57. The van der Waals surface area contributed by atoms with Gasteiger partial charge >= 0.3 is 0 Å².